The summed E-state index contributed by atoms with van der Waals surface area (Å²) in [5, 5.41) is 8.30. The van der Waals surface area contributed by atoms with Gasteiger partial charge in [-0.2, -0.15) is 0 Å². The Kier molecular flexibility index (Phi) is 10.3. The lowest BCUT2D eigenvalue weighted by Gasteiger charge is -2.05. The molecule has 0 bridgehead atoms. The predicted molar refractivity (Wildman–Crippen MR) is 71.6 cm³/mol. The molecule has 0 unspecified atom stereocenters. The highest BCUT2D eigenvalue weighted by atomic mass is 16.6. The summed E-state index contributed by atoms with van der Waals surface area (Å²) >= 11 is 0. The van der Waals surface area contributed by atoms with E-state index in [1.807, 2.05) is 0 Å². The first-order valence-electron chi connectivity index (χ1n) is 6.47. The normalized spacial score (nSPS) is 11.6. The fraction of sp³-hybridized carbons (Fsp3) is 0.571. The van der Waals surface area contributed by atoms with Gasteiger partial charge in [0.25, 0.3) is 0 Å². The minimum atomic E-state index is -1.18. The molecule has 1 N–H and O–H groups in total. The van der Waals surface area contributed by atoms with Crippen LogP contribution >= 0.6 is 0 Å². The number of hydrogen-bond donors (Lipinski definition) is 1. The van der Waals surface area contributed by atoms with Crippen LogP contribution in [0.3, 0.4) is 0 Å². The first kappa shape index (κ1) is 17.2. The van der Waals surface area contributed by atoms with E-state index in [0.29, 0.717) is 0 Å². The van der Waals surface area contributed by atoms with Crippen LogP contribution in [0.1, 0.15) is 39.5 Å². The molecule has 0 spiro atoms. The second-order valence-corrected chi connectivity index (χ2v) is 3.94. The van der Waals surface area contributed by atoms with Crippen molar-refractivity contribution in [2.24, 2.45) is 0 Å². The number of aliphatic carboxylic acids is 1. The highest BCUT2D eigenvalue weighted by Gasteiger charge is 1.98. The van der Waals surface area contributed by atoms with Gasteiger partial charge >= 0.3 is 11.9 Å². The zero-order valence-electron chi connectivity index (χ0n) is 11.6. The maximum atomic E-state index is 11.0. The lowest BCUT2D eigenvalue weighted by Crippen LogP contribution is -2.07. The molecule has 0 fully saturated rings. The van der Waals surface area contributed by atoms with Crippen LogP contribution in [0.4, 0.5) is 0 Å². The van der Waals surface area contributed by atoms with Crippen molar-refractivity contribution in [2.45, 2.75) is 39.5 Å². The SMILES string of the molecule is CCCCC(=COCCOC(=O)C=CC(=O)O)CC. The number of unbranched alkanes of at least 4 members (excludes halogenated alkanes) is 1. The molecule has 0 saturated carbocycles. The van der Waals surface area contributed by atoms with E-state index in [0.717, 1.165) is 37.8 Å². The Hall–Kier alpha value is -1.78. The summed E-state index contributed by atoms with van der Waals surface area (Å²) in [6.45, 7) is 4.58. The second-order valence-electron chi connectivity index (χ2n) is 3.94. The predicted octanol–water partition coefficient (Wildman–Crippen LogP) is 2.67. The molecule has 0 aliphatic rings. The number of esters is 1. The maximum Gasteiger partial charge on any atom is 0.331 e. The third kappa shape index (κ3) is 11.1. The minimum Gasteiger partial charge on any atom is -0.498 e. The van der Waals surface area contributed by atoms with Gasteiger partial charge in [-0.3, -0.25) is 0 Å². The van der Waals surface area contributed by atoms with Crippen LogP contribution in [0, 0.1) is 0 Å². The Morgan fingerprint density at radius 1 is 1.16 bits per heavy atom. The zero-order valence-corrected chi connectivity index (χ0v) is 11.6. The van der Waals surface area contributed by atoms with Gasteiger partial charge in [0.2, 0.25) is 0 Å². The summed E-state index contributed by atoms with van der Waals surface area (Å²) in [5.41, 5.74) is 1.24. The van der Waals surface area contributed by atoms with Crippen molar-refractivity contribution in [3.05, 3.63) is 24.0 Å². The molecule has 0 heterocycles. The van der Waals surface area contributed by atoms with E-state index in [1.54, 1.807) is 6.26 Å². The molecule has 5 nitrogen and oxygen atoms in total. The Bertz CT molecular complexity index is 331. The molecule has 0 radical (unpaired) electrons. The summed E-state index contributed by atoms with van der Waals surface area (Å²) in [6.07, 6.45) is 7.58. The first-order chi connectivity index (χ1) is 9.10. The van der Waals surface area contributed by atoms with Crippen LogP contribution in [0.15, 0.2) is 24.0 Å². The van der Waals surface area contributed by atoms with Crippen LogP contribution in [0.5, 0.6) is 0 Å². The summed E-state index contributed by atoms with van der Waals surface area (Å²) in [6, 6.07) is 0. The molecule has 19 heavy (non-hydrogen) atoms. The number of ether oxygens (including phenoxy) is 2. The maximum absolute atomic E-state index is 11.0. The molecule has 0 aromatic carbocycles. The molecular weight excluding hydrogens is 248 g/mol. The molecule has 0 aromatic heterocycles. The standard InChI is InChI=1S/C14H22O5/c1-3-5-6-12(4-2)11-18-9-10-19-14(17)8-7-13(15)16/h7-8,11H,3-6,9-10H2,1-2H3,(H,15,16). The van der Waals surface area contributed by atoms with E-state index in [1.165, 1.54) is 5.57 Å². The summed E-state index contributed by atoms with van der Waals surface area (Å²) in [7, 11) is 0. The third-order valence-corrected chi connectivity index (χ3v) is 2.36. The van der Waals surface area contributed by atoms with Crippen LogP contribution in [0.25, 0.3) is 0 Å². The van der Waals surface area contributed by atoms with Crippen molar-refractivity contribution in [1.29, 1.82) is 0 Å². The van der Waals surface area contributed by atoms with E-state index in [4.69, 9.17) is 14.6 Å². The third-order valence-electron chi connectivity index (χ3n) is 2.36. The Labute approximate surface area is 113 Å². The number of carboxylic acids is 1. The van der Waals surface area contributed by atoms with Crippen molar-refractivity contribution in [2.75, 3.05) is 13.2 Å². The molecule has 108 valence electrons. The van der Waals surface area contributed by atoms with E-state index >= 15 is 0 Å². The topological polar surface area (TPSA) is 72.8 Å². The van der Waals surface area contributed by atoms with E-state index in [9.17, 15) is 9.59 Å². The van der Waals surface area contributed by atoms with Gasteiger partial charge in [-0.25, -0.2) is 9.59 Å². The van der Waals surface area contributed by atoms with Crippen LogP contribution in [0.2, 0.25) is 0 Å². The number of carbonyl (C=O) groups excluding carboxylic acids is 1. The van der Waals surface area contributed by atoms with Gasteiger partial charge in [-0.15, -0.1) is 0 Å². The fourth-order valence-electron chi connectivity index (χ4n) is 1.28. The Morgan fingerprint density at radius 3 is 2.47 bits per heavy atom. The van der Waals surface area contributed by atoms with Crippen LogP contribution < -0.4 is 0 Å². The van der Waals surface area contributed by atoms with Gasteiger partial charge in [-0.05, 0) is 24.8 Å². The molecule has 0 atom stereocenters. The quantitative estimate of drug-likeness (QED) is 0.286. The molecule has 0 aromatic rings. The van der Waals surface area contributed by atoms with Gasteiger partial charge in [-0.1, -0.05) is 20.3 Å². The van der Waals surface area contributed by atoms with Gasteiger partial charge in [0.15, 0.2) is 0 Å². The number of carboxylic acid groups (broad SMARTS) is 1. The molecule has 0 amide bonds. The fourth-order valence-corrected chi connectivity index (χ4v) is 1.28. The second kappa shape index (κ2) is 11.3. The molecular formula is C14H22O5. The average Bonchev–Trinajstić information content (AvgIpc) is 2.39. The van der Waals surface area contributed by atoms with Crippen molar-refractivity contribution in [1.82, 2.24) is 0 Å². The lowest BCUT2D eigenvalue weighted by atomic mass is 10.1. The number of rotatable bonds is 10. The monoisotopic (exact) mass is 270 g/mol. The molecule has 0 saturated heterocycles. The van der Waals surface area contributed by atoms with Gasteiger partial charge < -0.3 is 14.6 Å². The van der Waals surface area contributed by atoms with Crippen molar-refractivity contribution in [3.63, 3.8) is 0 Å². The van der Waals surface area contributed by atoms with Crippen LogP contribution in [-0.4, -0.2) is 30.3 Å². The Morgan fingerprint density at radius 2 is 1.89 bits per heavy atom. The highest BCUT2D eigenvalue weighted by Crippen LogP contribution is 2.10. The van der Waals surface area contributed by atoms with E-state index < -0.39 is 11.9 Å². The van der Waals surface area contributed by atoms with Crippen molar-refractivity contribution >= 4 is 11.9 Å². The van der Waals surface area contributed by atoms with E-state index in [2.05, 4.69) is 13.8 Å². The van der Waals surface area contributed by atoms with Crippen molar-refractivity contribution in [3.8, 4) is 0 Å². The number of allylic oxidation sites excluding steroid dienone is 1. The zero-order chi connectivity index (χ0) is 14.5. The first-order valence-corrected chi connectivity index (χ1v) is 6.47. The smallest absolute Gasteiger partial charge is 0.331 e. The summed E-state index contributed by atoms with van der Waals surface area (Å²) in [5.74, 6) is -1.86. The Balaban J connectivity index is 3.76. The number of carbonyl (C=O) groups is 2. The van der Waals surface area contributed by atoms with Gasteiger partial charge in [0.1, 0.15) is 13.2 Å². The molecule has 0 rings (SSSR count). The average molecular weight is 270 g/mol. The minimum absolute atomic E-state index is 0.101. The van der Waals surface area contributed by atoms with Crippen LogP contribution in [-0.2, 0) is 19.1 Å². The largest absolute Gasteiger partial charge is 0.498 e. The van der Waals surface area contributed by atoms with Gasteiger partial charge in [0.05, 0.1) is 6.26 Å². The molecule has 0 aliphatic heterocycles. The number of hydrogen-bond acceptors (Lipinski definition) is 4. The molecule has 0 aliphatic carbocycles. The molecule has 5 heteroatoms. The highest BCUT2D eigenvalue weighted by molar-refractivity contribution is 5.90. The van der Waals surface area contributed by atoms with Crippen molar-refractivity contribution < 1.29 is 24.2 Å². The summed E-state index contributed by atoms with van der Waals surface area (Å²) in [4.78, 5) is 21.1. The van der Waals surface area contributed by atoms with Gasteiger partial charge in [0, 0.05) is 12.2 Å². The summed E-state index contributed by atoms with van der Waals surface area (Å²) < 4.78 is 10.0. The lowest BCUT2D eigenvalue weighted by molar-refractivity contribution is -0.139. The van der Waals surface area contributed by atoms with E-state index in [-0.39, 0.29) is 13.2 Å².